The van der Waals surface area contributed by atoms with Crippen LogP contribution < -0.4 is 10.6 Å². The molecule has 1 aromatic heterocycles. The van der Waals surface area contributed by atoms with E-state index in [0.717, 1.165) is 30.7 Å². The Bertz CT molecular complexity index is 569. The third kappa shape index (κ3) is 5.46. The maximum atomic E-state index is 4.77. The monoisotopic (exact) mass is 348 g/mol. The van der Waals surface area contributed by atoms with Crippen molar-refractivity contribution in [1.29, 1.82) is 0 Å². The predicted molar refractivity (Wildman–Crippen MR) is 105 cm³/mol. The van der Waals surface area contributed by atoms with Gasteiger partial charge in [0.25, 0.3) is 0 Å². The smallest absolute Gasteiger partial charge is 0.191 e. The molecule has 1 atom stereocenters. The summed E-state index contributed by atoms with van der Waals surface area (Å²) in [5, 5.41) is 11.3. The molecule has 2 N–H and O–H groups in total. The number of rotatable bonds is 6. The fraction of sp³-hybridized carbons (Fsp3) is 0.789. The normalized spacial score (nSPS) is 18.4. The third-order valence-corrected chi connectivity index (χ3v) is 5.40. The number of aromatic nitrogens is 2. The Kier molecular flexibility index (Phi) is 7.29. The lowest BCUT2D eigenvalue weighted by Crippen LogP contribution is -2.48. The maximum Gasteiger partial charge on any atom is 0.191 e. The average Bonchev–Trinajstić information content (AvgIpc) is 2.83. The first-order valence-electron chi connectivity index (χ1n) is 9.67. The molecule has 1 unspecified atom stereocenters. The highest BCUT2D eigenvalue weighted by Gasteiger charge is 2.20. The van der Waals surface area contributed by atoms with Crippen LogP contribution in [0.3, 0.4) is 0 Å². The molecule has 0 aliphatic carbocycles. The summed E-state index contributed by atoms with van der Waals surface area (Å²) in [6, 6.07) is 0.526. The van der Waals surface area contributed by atoms with E-state index in [-0.39, 0.29) is 0 Å². The first-order chi connectivity index (χ1) is 11.9. The highest BCUT2D eigenvalue weighted by Crippen LogP contribution is 2.17. The molecule has 0 radical (unpaired) electrons. The van der Waals surface area contributed by atoms with Crippen LogP contribution in [0.25, 0.3) is 0 Å². The summed E-state index contributed by atoms with van der Waals surface area (Å²) in [5.41, 5.74) is 3.47. The Morgan fingerprint density at radius 1 is 1.28 bits per heavy atom. The van der Waals surface area contributed by atoms with Gasteiger partial charge in [-0.25, -0.2) is 4.99 Å². The number of aryl methyl sites for hydroxylation is 2. The van der Waals surface area contributed by atoms with Gasteiger partial charge in [0.2, 0.25) is 0 Å². The first kappa shape index (κ1) is 19.8. The number of hydrogen-bond acceptors (Lipinski definition) is 3. The van der Waals surface area contributed by atoms with Crippen LogP contribution >= 0.6 is 0 Å². The van der Waals surface area contributed by atoms with Crippen LogP contribution in [-0.4, -0.2) is 52.9 Å². The predicted octanol–water partition coefficient (Wildman–Crippen LogP) is 2.21. The SMILES string of the molecule is CCNC(=NCc1c(C)nn(C)c1C)NCC(C)N1CCC(C)CC1. The lowest BCUT2D eigenvalue weighted by atomic mass is 9.98. The zero-order valence-electron chi connectivity index (χ0n) is 16.9. The summed E-state index contributed by atoms with van der Waals surface area (Å²) >= 11 is 0. The van der Waals surface area contributed by atoms with E-state index in [9.17, 15) is 0 Å². The maximum absolute atomic E-state index is 4.77. The van der Waals surface area contributed by atoms with Gasteiger partial charge in [0.1, 0.15) is 0 Å². The van der Waals surface area contributed by atoms with Crippen molar-refractivity contribution in [1.82, 2.24) is 25.3 Å². The van der Waals surface area contributed by atoms with Gasteiger partial charge in [-0.1, -0.05) is 6.92 Å². The van der Waals surface area contributed by atoms with Crippen molar-refractivity contribution < 1.29 is 0 Å². The van der Waals surface area contributed by atoms with Gasteiger partial charge in [0.05, 0.1) is 12.2 Å². The van der Waals surface area contributed by atoms with Crippen molar-refractivity contribution in [3.63, 3.8) is 0 Å². The van der Waals surface area contributed by atoms with Gasteiger partial charge in [-0.2, -0.15) is 5.10 Å². The van der Waals surface area contributed by atoms with Gasteiger partial charge in [0.15, 0.2) is 5.96 Å². The van der Waals surface area contributed by atoms with Crippen LogP contribution in [0.4, 0.5) is 0 Å². The van der Waals surface area contributed by atoms with Crippen LogP contribution in [0.15, 0.2) is 4.99 Å². The average molecular weight is 349 g/mol. The molecule has 0 saturated carbocycles. The van der Waals surface area contributed by atoms with Gasteiger partial charge in [-0.15, -0.1) is 0 Å². The largest absolute Gasteiger partial charge is 0.357 e. The second kappa shape index (κ2) is 9.22. The number of nitrogens with zero attached hydrogens (tertiary/aromatic N) is 4. The second-order valence-corrected chi connectivity index (χ2v) is 7.42. The molecule has 1 aromatic rings. The van der Waals surface area contributed by atoms with Gasteiger partial charge in [-0.3, -0.25) is 9.58 Å². The number of guanidine groups is 1. The minimum Gasteiger partial charge on any atom is -0.357 e. The van der Waals surface area contributed by atoms with Crippen molar-refractivity contribution in [2.45, 2.75) is 60.0 Å². The Morgan fingerprint density at radius 2 is 1.96 bits per heavy atom. The summed E-state index contributed by atoms with van der Waals surface area (Å²) in [6.45, 7) is 15.8. The zero-order valence-corrected chi connectivity index (χ0v) is 16.9. The lowest BCUT2D eigenvalue weighted by Gasteiger charge is -2.35. The summed E-state index contributed by atoms with van der Waals surface area (Å²) in [5.74, 6) is 1.77. The minimum atomic E-state index is 0.526. The number of piperidine rings is 1. The van der Waals surface area contributed by atoms with Crippen molar-refractivity contribution in [2.24, 2.45) is 18.0 Å². The van der Waals surface area contributed by atoms with Crippen molar-refractivity contribution in [3.05, 3.63) is 17.0 Å². The Morgan fingerprint density at radius 3 is 2.52 bits per heavy atom. The van der Waals surface area contributed by atoms with Gasteiger partial charge in [0, 0.05) is 37.4 Å². The molecule has 1 saturated heterocycles. The van der Waals surface area contributed by atoms with Crippen LogP contribution in [0.2, 0.25) is 0 Å². The van der Waals surface area contributed by atoms with E-state index in [2.05, 4.69) is 55.3 Å². The molecule has 1 fully saturated rings. The Labute approximate surface area is 153 Å². The first-order valence-corrected chi connectivity index (χ1v) is 9.67. The van der Waals surface area contributed by atoms with E-state index in [4.69, 9.17) is 4.99 Å². The molecule has 1 aliphatic rings. The fourth-order valence-corrected chi connectivity index (χ4v) is 3.39. The van der Waals surface area contributed by atoms with Crippen LogP contribution in [0.1, 0.15) is 50.6 Å². The molecule has 2 heterocycles. The van der Waals surface area contributed by atoms with E-state index in [1.807, 2.05) is 11.7 Å². The standard InChI is InChI=1S/C19H36N6/c1-7-20-19(22-13-18-16(4)23-24(6)17(18)5)21-12-15(3)25-10-8-14(2)9-11-25/h14-15H,7-13H2,1-6H3,(H2,20,21,22). The van der Waals surface area contributed by atoms with E-state index in [1.165, 1.54) is 37.2 Å². The summed E-state index contributed by atoms with van der Waals surface area (Å²) in [6.07, 6.45) is 2.64. The molecular formula is C19H36N6. The van der Waals surface area contributed by atoms with Crippen LogP contribution in [0, 0.1) is 19.8 Å². The molecule has 0 spiro atoms. The Hall–Kier alpha value is -1.56. The summed E-state index contributed by atoms with van der Waals surface area (Å²) < 4.78 is 1.93. The Balaban J connectivity index is 1.91. The third-order valence-electron chi connectivity index (χ3n) is 5.40. The quantitative estimate of drug-likeness (QED) is 0.611. The van der Waals surface area contributed by atoms with Crippen LogP contribution in [0.5, 0.6) is 0 Å². The van der Waals surface area contributed by atoms with Gasteiger partial charge in [-0.05, 0) is 59.5 Å². The van der Waals surface area contributed by atoms with Gasteiger partial charge >= 0.3 is 0 Å². The van der Waals surface area contributed by atoms with E-state index in [0.29, 0.717) is 12.6 Å². The molecule has 6 nitrogen and oxygen atoms in total. The molecule has 2 rings (SSSR count). The number of aliphatic imine (C=N–C) groups is 1. The number of nitrogens with one attached hydrogen (secondary N) is 2. The highest BCUT2D eigenvalue weighted by atomic mass is 15.3. The van der Waals surface area contributed by atoms with Crippen molar-refractivity contribution in [2.75, 3.05) is 26.2 Å². The molecule has 0 bridgehead atoms. The molecule has 0 aromatic carbocycles. The molecule has 25 heavy (non-hydrogen) atoms. The van der Waals surface area contributed by atoms with Crippen molar-refractivity contribution in [3.8, 4) is 0 Å². The van der Waals surface area contributed by atoms with E-state index >= 15 is 0 Å². The van der Waals surface area contributed by atoms with Crippen molar-refractivity contribution >= 4 is 5.96 Å². The zero-order chi connectivity index (χ0) is 18.4. The molecule has 1 aliphatic heterocycles. The van der Waals surface area contributed by atoms with E-state index < -0.39 is 0 Å². The highest BCUT2D eigenvalue weighted by molar-refractivity contribution is 5.79. The fourth-order valence-electron chi connectivity index (χ4n) is 3.39. The minimum absolute atomic E-state index is 0.526. The van der Waals surface area contributed by atoms with Crippen LogP contribution in [-0.2, 0) is 13.6 Å². The molecular weight excluding hydrogens is 312 g/mol. The molecule has 0 amide bonds. The second-order valence-electron chi connectivity index (χ2n) is 7.42. The number of likely N-dealkylation sites (tertiary alicyclic amines) is 1. The lowest BCUT2D eigenvalue weighted by molar-refractivity contribution is 0.147. The summed E-state index contributed by atoms with van der Waals surface area (Å²) in [4.78, 5) is 7.36. The van der Waals surface area contributed by atoms with E-state index in [1.54, 1.807) is 0 Å². The van der Waals surface area contributed by atoms with Gasteiger partial charge < -0.3 is 10.6 Å². The summed E-state index contributed by atoms with van der Waals surface area (Å²) in [7, 11) is 1.99. The molecule has 142 valence electrons. The molecule has 6 heteroatoms. The number of hydrogen-bond donors (Lipinski definition) is 2. The topological polar surface area (TPSA) is 57.5 Å².